The molecule has 7 heteroatoms. The van der Waals surface area contributed by atoms with Gasteiger partial charge < -0.3 is 5.32 Å². The Hall–Kier alpha value is -2.73. The maximum atomic E-state index is 13.2. The highest BCUT2D eigenvalue weighted by atomic mass is 35.5. The van der Waals surface area contributed by atoms with Crippen molar-refractivity contribution >= 4 is 33.7 Å². The number of hydrogen-bond donors (Lipinski definition) is 1. The van der Waals surface area contributed by atoms with Gasteiger partial charge in [-0.3, -0.25) is 15.1 Å². The summed E-state index contributed by atoms with van der Waals surface area (Å²) in [7, 11) is 0. The van der Waals surface area contributed by atoms with Gasteiger partial charge in [-0.15, -0.1) is 0 Å². The fourth-order valence-electron chi connectivity index (χ4n) is 2.34. The Morgan fingerprint density at radius 2 is 2.04 bits per heavy atom. The average molecular weight is 332 g/mol. The van der Waals surface area contributed by atoms with Crippen LogP contribution in [0.3, 0.4) is 0 Å². The largest absolute Gasteiger partial charge is 0.380 e. The van der Waals surface area contributed by atoms with Gasteiger partial charge in [0.05, 0.1) is 15.3 Å². The van der Waals surface area contributed by atoms with Crippen molar-refractivity contribution in [2.24, 2.45) is 0 Å². The van der Waals surface area contributed by atoms with Crippen molar-refractivity contribution in [3.63, 3.8) is 0 Å². The zero-order chi connectivity index (χ0) is 16.4. The summed E-state index contributed by atoms with van der Waals surface area (Å²) < 4.78 is 13.2. The number of halogens is 2. The fourth-order valence-corrected chi connectivity index (χ4v) is 2.54. The van der Waals surface area contributed by atoms with Crippen LogP contribution in [-0.2, 0) is 6.54 Å². The van der Waals surface area contributed by atoms with Crippen molar-refractivity contribution in [3.8, 4) is 0 Å². The van der Waals surface area contributed by atoms with E-state index >= 15 is 0 Å². The van der Waals surface area contributed by atoms with Crippen molar-refractivity contribution in [1.82, 2.24) is 4.98 Å². The first kappa shape index (κ1) is 15.2. The number of fused-ring (bicyclic) bond motifs is 1. The standard InChI is InChI=1S/C16H11ClFN3O2/c17-13-7-10(1-2-14(13)18)8-20-15-3-4-16(21(22)23)12-9-19-6-5-11(12)15/h1-7,9,20H,8H2. The number of anilines is 1. The predicted octanol–water partition coefficient (Wildman–Crippen LogP) is 4.55. The maximum absolute atomic E-state index is 13.2. The molecule has 5 nitrogen and oxygen atoms in total. The summed E-state index contributed by atoms with van der Waals surface area (Å²) in [6.07, 6.45) is 3.04. The van der Waals surface area contributed by atoms with Gasteiger partial charge in [-0.2, -0.15) is 0 Å². The summed E-state index contributed by atoms with van der Waals surface area (Å²) in [6, 6.07) is 9.26. The minimum Gasteiger partial charge on any atom is -0.380 e. The molecule has 3 aromatic rings. The Labute approximate surface area is 135 Å². The SMILES string of the molecule is O=[N+]([O-])c1ccc(NCc2ccc(F)c(Cl)c2)c2ccncc12. The molecular formula is C16H11ClFN3O2. The fraction of sp³-hybridized carbons (Fsp3) is 0.0625. The van der Waals surface area contributed by atoms with Gasteiger partial charge in [0.1, 0.15) is 5.82 Å². The van der Waals surface area contributed by atoms with Gasteiger partial charge in [-0.1, -0.05) is 17.7 Å². The van der Waals surface area contributed by atoms with Crippen LogP contribution in [0, 0.1) is 15.9 Å². The lowest BCUT2D eigenvalue weighted by Crippen LogP contribution is -2.01. The Balaban J connectivity index is 1.93. The van der Waals surface area contributed by atoms with Gasteiger partial charge >= 0.3 is 0 Å². The molecule has 0 bridgehead atoms. The number of non-ortho nitro benzene ring substituents is 1. The number of nitrogens with one attached hydrogen (secondary N) is 1. The minimum atomic E-state index is -0.470. The van der Waals surface area contributed by atoms with Crippen LogP contribution in [0.25, 0.3) is 10.8 Å². The predicted molar refractivity (Wildman–Crippen MR) is 87.1 cm³/mol. The Morgan fingerprint density at radius 3 is 2.78 bits per heavy atom. The van der Waals surface area contributed by atoms with Crippen LogP contribution in [-0.4, -0.2) is 9.91 Å². The molecule has 1 N–H and O–H groups in total. The summed E-state index contributed by atoms with van der Waals surface area (Å²) >= 11 is 5.76. The lowest BCUT2D eigenvalue weighted by atomic mass is 10.1. The lowest BCUT2D eigenvalue weighted by Gasteiger charge is -2.10. The zero-order valence-electron chi connectivity index (χ0n) is 11.8. The van der Waals surface area contributed by atoms with E-state index in [1.54, 1.807) is 30.5 Å². The second kappa shape index (κ2) is 6.18. The molecule has 2 aromatic carbocycles. The van der Waals surface area contributed by atoms with E-state index in [0.717, 1.165) is 11.3 Å². The van der Waals surface area contributed by atoms with E-state index in [0.29, 0.717) is 17.3 Å². The number of pyridine rings is 1. The molecule has 0 aliphatic heterocycles. The van der Waals surface area contributed by atoms with Gasteiger partial charge in [0.2, 0.25) is 0 Å². The van der Waals surface area contributed by atoms with Crippen LogP contribution in [0.2, 0.25) is 5.02 Å². The number of hydrogen-bond acceptors (Lipinski definition) is 4. The third-order valence-electron chi connectivity index (χ3n) is 3.46. The number of nitro benzene ring substituents is 1. The molecule has 0 aliphatic rings. The van der Waals surface area contributed by atoms with Crippen LogP contribution in [0.5, 0.6) is 0 Å². The number of aromatic nitrogens is 1. The molecule has 0 aliphatic carbocycles. The van der Waals surface area contributed by atoms with E-state index in [9.17, 15) is 14.5 Å². The molecule has 0 amide bonds. The van der Waals surface area contributed by atoms with Crippen LogP contribution in [0.1, 0.15) is 5.56 Å². The molecular weight excluding hydrogens is 321 g/mol. The third kappa shape index (κ3) is 3.07. The molecule has 0 saturated carbocycles. The average Bonchev–Trinajstić information content (AvgIpc) is 2.55. The molecule has 1 heterocycles. The quantitative estimate of drug-likeness (QED) is 0.562. The summed E-state index contributed by atoms with van der Waals surface area (Å²) in [5, 5.41) is 15.5. The molecule has 3 rings (SSSR count). The van der Waals surface area contributed by atoms with Gasteiger partial charge in [-0.05, 0) is 29.8 Å². The van der Waals surface area contributed by atoms with E-state index in [2.05, 4.69) is 10.3 Å². The zero-order valence-corrected chi connectivity index (χ0v) is 12.5. The van der Waals surface area contributed by atoms with Gasteiger partial charge in [0.15, 0.2) is 0 Å². The number of benzene rings is 2. The molecule has 23 heavy (non-hydrogen) atoms. The van der Waals surface area contributed by atoms with Gasteiger partial charge in [0.25, 0.3) is 5.69 Å². The second-order valence-corrected chi connectivity index (χ2v) is 5.32. The van der Waals surface area contributed by atoms with Crippen LogP contribution < -0.4 is 5.32 Å². The molecule has 0 fully saturated rings. The number of rotatable bonds is 4. The first-order chi connectivity index (χ1) is 11.1. The molecule has 116 valence electrons. The van der Waals surface area contributed by atoms with Crippen molar-refractivity contribution in [3.05, 3.63) is 75.3 Å². The van der Waals surface area contributed by atoms with Crippen molar-refractivity contribution in [1.29, 1.82) is 0 Å². The normalized spacial score (nSPS) is 10.7. The van der Waals surface area contributed by atoms with Gasteiger partial charge in [-0.25, -0.2) is 4.39 Å². The van der Waals surface area contributed by atoms with Crippen LogP contribution in [0.4, 0.5) is 15.8 Å². The van der Waals surface area contributed by atoms with E-state index in [-0.39, 0.29) is 10.7 Å². The highest BCUT2D eigenvalue weighted by molar-refractivity contribution is 6.30. The molecule has 0 radical (unpaired) electrons. The minimum absolute atomic E-state index is 0.00322. The highest BCUT2D eigenvalue weighted by Gasteiger charge is 2.14. The summed E-state index contributed by atoms with van der Waals surface area (Å²) in [4.78, 5) is 14.6. The monoisotopic (exact) mass is 331 g/mol. The lowest BCUT2D eigenvalue weighted by molar-refractivity contribution is -0.383. The number of nitro groups is 1. The first-order valence-electron chi connectivity index (χ1n) is 6.75. The molecule has 0 atom stereocenters. The Bertz CT molecular complexity index is 902. The summed E-state index contributed by atoms with van der Waals surface area (Å²) in [5.41, 5.74) is 1.54. The summed E-state index contributed by atoms with van der Waals surface area (Å²) in [5.74, 6) is -0.470. The van der Waals surface area contributed by atoms with Crippen LogP contribution in [0.15, 0.2) is 48.8 Å². The number of nitrogens with zero attached hydrogens (tertiary/aromatic N) is 2. The van der Waals surface area contributed by atoms with E-state index in [4.69, 9.17) is 11.6 Å². The highest BCUT2D eigenvalue weighted by Crippen LogP contribution is 2.31. The topological polar surface area (TPSA) is 68.1 Å². The molecule has 0 saturated heterocycles. The van der Waals surface area contributed by atoms with E-state index in [1.807, 2.05) is 0 Å². The Kier molecular flexibility index (Phi) is 4.08. The third-order valence-corrected chi connectivity index (χ3v) is 3.75. The van der Waals surface area contributed by atoms with E-state index < -0.39 is 10.7 Å². The molecule has 1 aromatic heterocycles. The first-order valence-corrected chi connectivity index (χ1v) is 7.13. The molecule has 0 unspecified atom stereocenters. The summed E-state index contributed by atoms with van der Waals surface area (Å²) in [6.45, 7) is 0.412. The van der Waals surface area contributed by atoms with Crippen molar-refractivity contribution in [2.75, 3.05) is 5.32 Å². The smallest absolute Gasteiger partial charge is 0.278 e. The van der Waals surface area contributed by atoms with Crippen LogP contribution >= 0.6 is 11.6 Å². The van der Waals surface area contributed by atoms with Gasteiger partial charge in [0, 0.05) is 36.1 Å². The van der Waals surface area contributed by atoms with E-state index in [1.165, 1.54) is 18.3 Å². The Morgan fingerprint density at radius 1 is 1.22 bits per heavy atom. The molecule has 0 spiro atoms. The van der Waals surface area contributed by atoms with Crippen molar-refractivity contribution < 1.29 is 9.31 Å². The second-order valence-electron chi connectivity index (χ2n) is 4.91. The van der Waals surface area contributed by atoms with Crippen molar-refractivity contribution in [2.45, 2.75) is 6.54 Å². The maximum Gasteiger partial charge on any atom is 0.278 e.